The maximum Gasteiger partial charge on any atom is 0.472 e. The molecule has 0 aromatic heterocycles. The Kier molecular flexibility index (Phi) is 29.2. The molecule has 0 heterocycles. The molecule has 2 atom stereocenters. The minimum Gasteiger partial charge on any atom is -0.462 e. The highest BCUT2D eigenvalue weighted by atomic mass is 31.2. The quantitative estimate of drug-likeness (QED) is 0.0245. The van der Waals surface area contributed by atoms with Crippen molar-refractivity contribution < 1.29 is 42.1 Å². The van der Waals surface area contributed by atoms with Crippen molar-refractivity contribution in [2.24, 2.45) is 0 Å². The molecule has 0 fully saturated rings. The van der Waals surface area contributed by atoms with E-state index in [9.17, 15) is 19.0 Å². The summed E-state index contributed by atoms with van der Waals surface area (Å²) in [5.41, 5.74) is 0. The zero-order valence-corrected chi connectivity index (χ0v) is 31.4. The van der Waals surface area contributed by atoms with Gasteiger partial charge in [-0.05, 0) is 51.4 Å². The minimum absolute atomic E-state index is 0.0244. The van der Waals surface area contributed by atoms with Gasteiger partial charge in [-0.3, -0.25) is 18.6 Å². The molecule has 10 heteroatoms. The number of quaternary nitrogens is 1. The number of carbonyl (C=O) groups excluding carboxylic acids is 2. The van der Waals surface area contributed by atoms with E-state index in [1.165, 1.54) is 51.4 Å². The Hall–Kier alpha value is -1.77. The van der Waals surface area contributed by atoms with E-state index in [0.29, 0.717) is 17.4 Å². The first-order chi connectivity index (χ1) is 22.5. The SMILES string of the molecule is CCCCC/C=C/C/C=C/C/C=C/CCCCC(=O)O[C@H](COC(=O)CCCCCCCCCC)COP(=O)(O)OCC[N+](C)(C)C. The third-order valence-corrected chi connectivity index (χ3v) is 8.41. The Labute approximate surface area is 287 Å². The number of allylic oxidation sites excluding steroid dienone is 6. The maximum absolute atomic E-state index is 12.6. The van der Waals surface area contributed by atoms with Gasteiger partial charge in [-0.1, -0.05) is 108 Å². The summed E-state index contributed by atoms with van der Waals surface area (Å²) in [4.78, 5) is 35.0. The van der Waals surface area contributed by atoms with Gasteiger partial charge in [0.15, 0.2) is 6.10 Å². The summed E-state index contributed by atoms with van der Waals surface area (Å²) in [7, 11) is 1.45. The number of esters is 2. The van der Waals surface area contributed by atoms with Gasteiger partial charge in [0.1, 0.15) is 19.8 Å². The fourth-order valence-corrected chi connectivity index (χ4v) is 5.23. The van der Waals surface area contributed by atoms with Crippen molar-refractivity contribution in [2.45, 2.75) is 142 Å². The highest BCUT2D eigenvalue weighted by Crippen LogP contribution is 2.43. The summed E-state index contributed by atoms with van der Waals surface area (Å²) in [6, 6.07) is 0. The van der Waals surface area contributed by atoms with E-state index in [2.05, 4.69) is 50.3 Å². The van der Waals surface area contributed by atoms with Crippen LogP contribution in [0.4, 0.5) is 0 Å². The van der Waals surface area contributed by atoms with Crippen molar-refractivity contribution in [3.05, 3.63) is 36.5 Å². The molecule has 274 valence electrons. The molecule has 0 aromatic rings. The van der Waals surface area contributed by atoms with Gasteiger partial charge >= 0.3 is 19.8 Å². The van der Waals surface area contributed by atoms with Crippen LogP contribution in [0.15, 0.2) is 36.5 Å². The topological polar surface area (TPSA) is 108 Å². The normalized spacial score (nSPS) is 14.3. The molecule has 0 rings (SSSR count). The van der Waals surface area contributed by atoms with Crippen molar-refractivity contribution in [3.8, 4) is 0 Å². The van der Waals surface area contributed by atoms with E-state index < -0.39 is 26.5 Å². The van der Waals surface area contributed by atoms with Gasteiger partial charge in [-0.25, -0.2) is 4.57 Å². The predicted molar refractivity (Wildman–Crippen MR) is 192 cm³/mol. The Morgan fingerprint density at radius 2 is 1.15 bits per heavy atom. The van der Waals surface area contributed by atoms with Gasteiger partial charge in [0.05, 0.1) is 27.7 Å². The lowest BCUT2D eigenvalue weighted by Crippen LogP contribution is -2.37. The molecular weight excluding hydrogens is 617 g/mol. The highest BCUT2D eigenvalue weighted by molar-refractivity contribution is 7.47. The Morgan fingerprint density at radius 1 is 0.660 bits per heavy atom. The van der Waals surface area contributed by atoms with Crippen molar-refractivity contribution in [2.75, 3.05) is 47.5 Å². The second-order valence-corrected chi connectivity index (χ2v) is 14.7. The molecule has 0 radical (unpaired) electrons. The first kappa shape index (κ1) is 45.2. The highest BCUT2D eigenvalue weighted by Gasteiger charge is 2.27. The van der Waals surface area contributed by atoms with Gasteiger partial charge in [0.2, 0.25) is 0 Å². The van der Waals surface area contributed by atoms with Crippen LogP contribution in [-0.4, -0.2) is 74.9 Å². The summed E-state index contributed by atoms with van der Waals surface area (Å²) in [5, 5.41) is 0. The van der Waals surface area contributed by atoms with Crippen LogP contribution in [-0.2, 0) is 32.7 Å². The zero-order chi connectivity index (χ0) is 35.1. The number of phosphoric acid groups is 1. The molecule has 9 nitrogen and oxygen atoms in total. The van der Waals surface area contributed by atoms with Gasteiger partial charge in [-0.15, -0.1) is 0 Å². The lowest BCUT2D eigenvalue weighted by Gasteiger charge is -2.24. The van der Waals surface area contributed by atoms with E-state index in [1.807, 2.05) is 21.1 Å². The summed E-state index contributed by atoms with van der Waals surface area (Å²) in [6.45, 7) is 4.28. The second-order valence-electron chi connectivity index (χ2n) is 13.3. The summed E-state index contributed by atoms with van der Waals surface area (Å²) >= 11 is 0. The monoisotopic (exact) mass is 686 g/mol. The molecule has 0 aromatic carbocycles. The van der Waals surface area contributed by atoms with E-state index in [4.69, 9.17) is 18.5 Å². The first-order valence-electron chi connectivity index (χ1n) is 18.2. The Bertz CT molecular complexity index is 913. The molecule has 1 N–H and O–H groups in total. The van der Waals surface area contributed by atoms with E-state index in [1.54, 1.807) is 0 Å². The minimum atomic E-state index is -4.37. The molecule has 0 aliphatic carbocycles. The predicted octanol–water partition coefficient (Wildman–Crippen LogP) is 9.40. The van der Waals surface area contributed by atoms with Crippen LogP contribution in [0, 0.1) is 0 Å². The van der Waals surface area contributed by atoms with Crippen molar-refractivity contribution >= 4 is 19.8 Å². The average Bonchev–Trinajstić information content (AvgIpc) is 3.01. The van der Waals surface area contributed by atoms with Crippen LogP contribution in [0.2, 0.25) is 0 Å². The summed E-state index contributed by atoms with van der Waals surface area (Å²) in [5.74, 6) is -0.852. The molecular formula is C37H69NO8P+. The summed E-state index contributed by atoms with van der Waals surface area (Å²) < 4.78 is 34.0. The average molecular weight is 687 g/mol. The number of ether oxygens (including phenoxy) is 2. The smallest absolute Gasteiger partial charge is 0.462 e. The van der Waals surface area contributed by atoms with Gasteiger partial charge in [0, 0.05) is 12.8 Å². The van der Waals surface area contributed by atoms with Crippen LogP contribution >= 0.6 is 7.82 Å². The number of unbranched alkanes of at least 4 members (excludes halogenated alkanes) is 12. The number of hydrogen-bond acceptors (Lipinski definition) is 7. The fourth-order valence-electron chi connectivity index (χ4n) is 4.49. The van der Waals surface area contributed by atoms with Crippen LogP contribution in [0.3, 0.4) is 0 Å². The van der Waals surface area contributed by atoms with Gasteiger partial charge in [-0.2, -0.15) is 0 Å². The van der Waals surface area contributed by atoms with Crippen molar-refractivity contribution in [1.82, 2.24) is 0 Å². The molecule has 0 saturated carbocycles. The molecule has 1 unspecified atom stereocenters. The molecule has 0 aliphatic rings. The first-order valence-corrected chi connectivity index (χ1v) is 19.7. The van der Waals surface area contributed by atoms with E-state index in [0.717, 1.165) is 51.4 Å². The third kappa shape index (κ3) is 33.9. The number of carbonyl (C=O) groups is 2. The van der Waals surface area contributed by atoms with Crippen LogP contribution in [0.1, 0.15) is 136 Å². The van der Waals surface area contributed by atoms with Crippen LogP contribution < -0.4 is 0 Å². The third-order valence-electron chi connectivity index (χ3n) is 7.42. The van der Waals surface area contributed by atoms with Crippen molar-refractivity contribution in [3.63, 3.8) is 0 Å². The maximum atomic E-state index is 12.6. The molecule has 0 aliphatic heterocycles. The van der Waals surface area contributed by atoms with Crippen LogP contribution in [0.5, 0.6) is 0 Å². The lowest BCUT2D eigenvalue weighted by molar-refractivity contribution is -0.870. The van der Waals surface area contributed by atoms with Gasteiger partial charge in [0.25, 0.3) is 0 Å². The number of nitrogens with zero attached hydrogens (tertiary/aromatic N) is 1. The van der Waals surface area contributed by atoms with E-state index in [-0.39, 0.29) is 32.0 Å². The largest absolute Gasteiger partial charge is 0.472 e. The number of likely N-dealkylation sites (N-methyl/N-ethyl adjacent to an activating group) is 1. The Morgan fingerprint density at radius 3 is 1.74 bits per heavy atom. The molecule has 0 bridgehead atoms. The lowest BCUT2D eigenvalue weighted by atomic mass is 10.1. The molecule has 47 heavy (non-hydrogen) atoms. The molecule has 0 saturated heterocycles. The standard InChI is InChI=1S/C37H68NO8P/c1-6-8-10-12-14-16-17-18-19-20-21-22-24-26-28-30-37(40)46-35(34-45-47(41,42)44-32-31-38(3,4)5)33-43-36(39)29-27-25-23-15-13-11-9-7-2/h14,16,18-19,21-22,35H,6-13,15,17,20,23-34H2,1-5H3/p+1/b16-14+,19-18+,22-21+/t35-/m1/s1. The fraction of sp³-hybridized carbons (Fsp3) is 0.784. The van der Waals surface area contributed by atoms with Crippen molar-refractivity contribution in [1.29, 1.82) is 0 Å². The zero-order valence-electron chi connectivity index (χ0n) is 30.5. The number of rotatable bonds is 32. The van der Waals surface area contributed by atoms with E-state index >= 15 is 0 Å². The molecule has 0 spiro atoms. The van der Waals surface area contributed by atoms with Crippen LogP contribution in [0.25, 0.3) is 0 Å². The number of hydrogen-bond donors (Lipinski definition) is 1. The Balaban J connectivity index is 4.53. The second kappa shape index (κ2) is 30.3. The number of phosphoric ester groups is 1. The molecule has 0 amide bonds. The van der Waals surface area contributed by atoms with Gasteiger partial charge < -0.3 is 18.9 Å². The summed E-state index contributed by atoms with van der Waals surface area (Å²) in [6.07, 6.45) is 30.6.